The van der Waals surface area contributed by atoms with Gasteiger partial charge in [0.15, 0.2) is 0 Å². The number of benzene rings is 2. The number of H-pyrrole nitrogens is 1. The summed E-state index contributed by atoms with van der Waals surface area (Å²) in [5.74, 6) is 0.144. The lowest BCUT2D eigenvalue weighted by atomic mass is 9.91. The molecule has 1 unspecified atom stereocenters. The second kappa shape index (κ2) is 7.10. The van der Waals surface area contributed by atoms with Crippen LogP contribution in [0.3, 0.4) is 0 Å². The number of amides is 1. The molecule has 28 heavy (non-hydrogen) atoms. The number of aromatic amines is 1. The van der Waals surface area contributed by atoms with Gasteiger partial charge in [0, 0.05) is 33.9 Å². The normalized spacial score (nSPS) is 18.5. The minimum atomic E-state index is 0.144. The topological polar surface area (TPSA) is 49.0 Å². The lowest BCUT2D eigenvalue weighted by molar-refractivity contribution is 0.0643. The van der Waals surface area contributed by atoms with Crippen molar-refractivity contribution in [3.05, 3.63) is 76.6 Å². The zero-order valence-electron chi connectivity index (χ0n) is 15.6. The Bertz CT molecular complexity index is 1010. The molecule has 0 spiro atoms. The third-order valence-corrected chi connectivity index (χ3v) is 6.21. The van der Waals surface area contributed by atoms with E-state index in [9.17, 15) is 4.79 Å². The molecule has 5 heteroatoms. The molecule has 1 N–H and O–H groups in total. The van der Waals surface area contributed by atoms with Crippen LogP contribution >= 0.6 is 11.6 Å². The van der Waals surface area contributed by atoms with Gasteiger partial charge in [-0.25, -0.2) is 0 Å². The van der Waals surface area contributed by atoms with E-state index in [0.29, 0.717) is 6.04 Å². The first kappa shape index (κ1) is 17.5. The summed E-state index contributed by atoms with van der Waals surface area (Å²) in [5, 5.41) is 7.97. The van der Waals surface area contributed by atoms with Crippen LogP contribution in [0.4, 0.5) is 0 Å². The summed E-state index contributed by atoms with van der Waals surface area (Å²) in [6.07, 6.45) is 6.98. The van der Waals surface area contributed by atoms with E-state index in [4.69, 9.17) is 11.6 Å². The quantitative estimate of drug-likeness (QED) is 0.688. The predicted octanol–water partition coefficient (Wildman–Crippen LogP) is 4.89. The van der Waals surface area contributed by atoms with Gasteiger partial charge >= 0.3 is 0 Å². The van der Waals surface area contributed by atoms with Gasteiger partial charge in [0.2, 0.25) is 0 Å². The van der Waals surface area contributed by atoms with Crippen LogP contribution in [0.1, 0.15) is 40.9 Å². The number of aryl methyl sites for hydroxylation is 1. The minimum absolute atomic E-state index is 0.144. The summed E-state index contributed by atoms with van der Waals surface area (Å²) in [5.41, 5.74) is 5.25. The van der Waals surface area contributed by atoms with E-state index in [0.717, 1.165) is 53.8 Å². The number of nitrogens with zero attached hydrogens (tertiary/aromatic N) is 2. The number of rotatable bonds is 4. The number of hydrogen-bond acceptors (Lipinski definition) is 2. The summed E-state index contributed by atoms with van der Waals surface area (Å²) in [7, 11) is 0. The number of halogens is 1. The Balaban J connectivity index is 1.39. The highest BCUT2D eigenvalue weighted by atomic mass is 35.5. The van der Waals surface area contributed by atoms with Crippen molar-refractivity contribution in [3.8, 4) is 11.1 Å². The largest absolute Gasteiger partial charge is 0.332 e. The van der Waals surface area contributed by atoms with E-state index < -0.39 is 0 Å². The molecule has 142 valence electrons. The van der Waals surface area contributed by atoms with Crippen LogP contribution < -0.4 is 0 Å². The number of carbonyl (C=O) groups is 1. The molecule has 0 radical (unpaired) electrons. The molecule has 2 aromatic carbocycles. The van der Waals surface area contributed by atoms with Crippen molar-refractivity contribution in [2.45, 2.75) is 44.2 Å². The average Bonchev–Trinajstić information content (AvgIpc) is 3.44. The summed E-state index contributed by atoms with van der Waals surface area (Å²) < 4.78 is 0. The zero-order valence-corrected chi connectivity index (χ0v) is 16.3. The van der Waals surface area contributed by atoms with Gasteiger partial charge in [-0.05, 0) is 61.4 Å². The molecule has 0 bridgehead atoms. The van der Waals surface area contributed by atoms with Crippen LogP contribution in [-0.4, -0.2) is 33.1 Å². The summed E-state index contributed by atoms with van der Waals surface area (Å²) in [6, 6.07) is 16.3. The van der Waals surface area contributed by atoms with Crippen LogP contribution in [0.5, 0.6) is 0 Å². The van der Waals surface area contributed by atoms with Gasteiger partial charge in [0.05, 0.1) is 6.20 Å². The van der Waals surface area contributed by atoms with Crippen molar-refractivity contribution in [1.82, 2.24) is 15.1 Å². The third-order valence-electron chi connectivity index (χ3n) is 5.88. The first-order valence-corrected chi connectivity index (χ1v) is 10.3. The van der Waals surface area contributed by atoms with E-state index in [1.54, 1.807) is 0 Å². The van der Waals surface area contributed by atoms with Gasteiger partial charge in [-0.2, -0.15) is 5.10 Å². The summed E-state index contributed by atoms with van der Waals surface area (Å²) in [6.45, 7) is 0. The Hall–Kier alpha value is -2.59. The second-order valence-electron chi connectivity index (χ2n) is 7.77. The molecule has 1 amide bonds. The van der Waals surface area contributed by atoms with Gasteiger partial charge in [0.1, 0.15) is 0 Å². The molecule has 1 saturated carbocycles. The van der Waals surface area contributed by atoms with Crippen LogP contribution in [0.25, 0.3) is 11.1 Å². The highest BCUT2D eigenvalue weighted by molar-refractivity contribution is 6.33. The van der Waals surface area contributed by atoms with Crippen molar-refractivity contribution in [2.75, 3.05) is 0 Å². The molecule has 0 saturated heterocycles. The Morgan fingerprint density at radius 1 is 1.04 bits per heavy atom. The first-order valence-electron chi connectivity index (χ1n) is 9.89. The fourth-order valence-electron chi connectivity index (χ4n) is 4.25. The fourth-order valence-corrected chi connectivity index (χ4v) is 4.50. The van der Waals surface area contributed by atoms with Gasteiger partial charge in [-0.15, -0.1) is 0 Å². The lowest BCUT2D eigenvalue weighted by Gasteiger charge is -2.34. The van der Waals surface area contributed by atoms with Crippen molar-refractivity contribution < 1.29 is 4.79 Å². The van der Waals surface area contributed by atoms with Gasteiger partial charge in [-0.1, -0.05) is 41.9 Å². The van der Waals surface area contributed by atoms with E-state index >= 15 is 0 Å². The molecule has 1 fully saturated rings. The number of fused-ring (bicyclic) bond motifs is 1. The maximum atomic E-state index is 13.4. The Morgan fingerprint density at radius 2 is 1.82 bits per heavy atom. The van der Waals surface area contributed by atoms with Crippen molar-refractivity contribution in [3.63, 3.8) is 0 Å². The number of aromatic nitrogens is 2. The Kier molecular flexibility index (Phi) is 4.44. The van der Waals surface area contributed by atoms with Crippen LogP contribution in [-0.2, 0) is 12.8 Å². The van der Waals surface area contributed by atoms with E-state index in [1.807, 2.05) is 54.7 Å². The molecule has 2 aliphatic carbocycles. The van der Waals surface area contributed by atoms with E-state index in [-0.39, 0.29) is 11.9 Å². The summed E-state index contributed by atoms with van der Waals surface area (Å²) in [4.78, 5) is 15.5. The number of carbonyl (C=O) groups excluding carboxylic acids is 1. The van der Waals surface area contributed by atoms with Crippen LogP contribution in [0.2, 0.25) is 5.02 Å². The second-order valence-corrected chi connectivity index (χ2v) is 8.18. The molecule has 2 aliphatic rings. The number of hydrogen-bond donors (Lipinski definition) is 1. The van der Waals surface area contributed by atoms with Crippen molar-refractivity contribution >= 4 is 17.5 Å². The third kappa shape index (κ3) is 3.22. The molecule has 1 heterocycles. The van der Waals surface area contributed by atoms with Gasteiger partial charge < -0.3 is 4.90 Å². The molecule has 5 rings (SSSR count). The first-order chi connectivity index (χ1) is 13.7. The highest BCUT2D eigenvalue weighted by Gasteiger charge is 2.39. The van der Waals surface area contributed by atoms with Crippen molar-refractivity contribution in [2.24, 2.45) is 0 Å². The smallest absolute Gasteiger partial charge is 0.254 e. The average molecular weight is 392 g/mol. The van der Waals surface area contributed by atoms with Gasteiger partial charge in [0.25, 0.3) is 5.91 Å². The van der Waals surface area contributed by atoms with E-state index in [1.165, 1.54) is 11.3 Å². The lowest BCUT2D eigenvalue weighted by Crippen LogP contribution is -2.44. The van der Waals surface area contributed by atoms with E-state index in [2.05, 4.69) is 15.1 Å². The minimum Gasteiger partial charge on any atom is -0.332 e. The Morgan fingerprint density at radius 3 is 2.57 bits per heavy atom. The molecular weight excluding hydrogens is 370 g/mol. The Labute approximate surface area is 169 Å². The number of nitrogens with one attached hydrogen (secondary N) is 1. The summed E-state index contributed by atoms with van der Waals surface area (Å²) >= 11 is 6.31. The zero-order chi connectivity index (χ0) is 19.1. The monoisotopic (exact) mass is 391 g/mol. The molecule has 1 aromatic heterocycles. The maximum Gasteiger partial charge on any atom is 0.254 e. The molecule has 3 aromatic rings. The molecular formula is C23H22ClN3O. The van der Waals surface area contributed by atoms with Crippen LogP contribution in [0, 0.1) is 0 Å². The predicted molar refractivity (Wildman–Crippen MR) is 110 cm³/mol. The van der Waals surface area contributed by atoms with Gasteiger partial charge in [-0.3, -0.25) is 9.89 Å². The SMILES string of the molecule is O=C(c1ccc(-c2ccccc2Cl)cc1)N(C1CC1)C1CCc2[nH]ncc2C1. The molecule has 1 atom stereocenters. The fraction of sp³-hybridized carbons (Fsp3) is 0.304. The standard InChI is InChI=1S/C23H22ClN3O/c24-21-4-2-1-3-20(21)15-5-7-16(8-6-15)23(28)27(18-9-10-18)19-11-12-22-17(13-19)14-25-26-22/h1-8,14,18-19H,9-13H2,(H,25,26). The van der Waals surface area contributed by atoms with Crippen molar-refractivity contribution in [1.29, 1.82) is 0 Å². The molecule has 4 nitrogen and oxygen atoms in total. The highest BCUT2D eigenvalue weighted by Crippen LogP contribution is 2.35. The van der Waals surface area contributed by atoms with Crippen LogP contribution in [0.15, 0.2) is 54.7 Å². The maximum absolute atomic E-state index is 13.4. The molecule has 0 aliphatic heterocycles.